The first-order valence-corrected chi connectivity index (χ1v) is 11.2. The van der Waals surface area contributed by atoms with Gasteiger partial charge in [0.2, 0.25) is 5.95 Å². The van der Waals surface area contributed by atoms with Crippen molar-refractivity contribution in [1.29, 1.82) is 0 Å². The SMILES string of the molecule is COc1cc(C2C(C(=O)OC(C)C)=C(C)Nc3nnnn32)ccc1OCc1ccc(Br)cc1. The molecule has 172 valence electrons. The van der Waals surface area contributed by atoms with Gasteiger partial charge in [-0.15, -0.1) is 0 Å². The molecule has 33 heavy (non-hydrogen) atoms. The van der Waals surface area contributed by atoms with Crippen LogP contribution in [-0.4, -0.2) is 39.4 Å². The van der Waals surface area contributed by atoms with Crippen LogP contribution in [0.2, 0.25) is 0 Å². The van der Waals surface area contributed by atoms with Gasteiger partial charge in [0, 0.05) is 10.2 Å². The number of hydrogen-bond acceptors (Lipinski definition) is 8. The van der Waals surface area contributed by atoms with E-state index in [1.54, 1.807) is 18.7 Å². The Bertz CT molecular complexity index is 1190. The first kappa shape index (κ1) is 22.8. The van der Waals surface area contributed by atoms with E-state index in [9.17, 15) is 4.79 Å². The molecule has 2 heterocycles. The Kier molecular flexibility index (Phi) is 6.64. The molecule has 10 heteroatoms. The van der Waals surface area contributed by atoms with Crippen molar-refractivity contribution in [3.05, 3.63) is 69.3 Å². The summed E-state index contributed by atoms with van der Waals surface area (Å²) in [5.74, 6) is 1.12. The first-order chi connectivity index (χ1) is 15.9. The number of nitrogens with one attached hydrogen (secondary N) is 1. The minimum absolute atomic E-state index is 0.266. The van der Waals surface area contributed by atoms with Gasteiger partial charge in [0.1, 0.15) is 12.6 Å². The van der Waals surface area contributed by atoms with Gasteiger partial charge in [-0.1, -0.05) is 39.2 Å². The molecule has 3 aromatic rings. The summed E-state index contributed by atoms with van der Waals surface area (Å²) in [6.45, 7) is 5.80. The van der Waals surface area contributed by atoms with Crippen LogP contribution in [0.3, 0.4) is 0 Å². The molecule has 1 unspecified atom stereocenters. The Balaban J connectivity index is 1.67. The second kappa shape index (κ2) is 9.62. The predicted octanol–water partition coefficient (Wildman–Crippen LogP) is 4.26. The zero-order valence-electron chi connectivity index (χ0n) is 18.7. The topological polar surface area (TPSA) is 100 Å². The van der Waals surface area contributed by atoms with E-state index in [1.807, 2.05) is 56.3 Å². The zero-order chi connectivity index (χ0) is 23.5. The number of aromatic nitrogens is 4. The summed E-state index contributed by atoms with van der Waals surface area (Å²) >= 11 is 3.43. The summed E-state index contributed by atoms with van der Waals surface area (Å²) in [4.78, 5) is 13.0. The minimum atomic E-state index is -0.586. The van der Waals surface area contributed by atoms with E-state index >= 15 is 0 Å². The summed E-state index contributed by atoms with van der Waals surface area (Å²) in [5, 5.41) is 14.9. The molecule has 1 atom stereocenters. The first-order valence-electron chi connectivity index (χ1n) is 10.4. The molecule has 0 amide bonds. The molecule has 1 N–H and O–H groups in total. The number of nitrogens with zero attached hydrogens (tertiary/aromatic N) is 4. The molecule has 0 spiro atoms. The number of benzene rings is 2. The number of methoxy groups -OCH3 is 1. The number of allylic oxidation sites excluding steroid dienone is 1. The van der Waals surface area contributed by atoms with Gasteiger partial charge >= 0.3 is 5.97 Å². The molecule has 2 aromatic carbocycles. The van der Waals surface area contributed by atoms with Gasteiger partial charge in [0.15, 0.2) is 11.5 Å². The molecule has 1 aliphatic rings. The fourth-order valence-electron chi connectivity index (χ4n) is 3.58. The van der Waals surface area contributed by atoms with E-state index in [4.69, 9.17) is 14.2 Å². The molecule has 0 saturated heterocycles. The average Bonchev–Trinajstić information content (AvgIpc) is 3.25. The van der Waals surface area contributed by atoms with E-state index in [0.717, 1.165) is 15.6 Å². The summed E-state index contributed by atoms with van der Waals surface area (Å²) in [6.07, 6.45) is -0.266. The van der Waals surface area contributed by atoms with Crippen LogP contribution in [0.4, 0.5) is 5.95 Å². The number of esters is 1. The van der Waals surface area contributed by atoms with Gasteiger partial charge in [-0.05, 0) is 66.6 Å². The molecular weight excluding hydrogens is 490 g/mol. The number of fused-ring (bicyclic) bond motifs is 1. The van der Waals surface area contributed by atoms with Crippen molar-refractivity contribution in [3.63, 3.8) is 0 Å². The van der Waals surface area contributed by atoms with Gasteiger partial charge in [0.25, 0.3) is 0 Å². The average molecular weight is 514 g/mol. The number of rotatable bonds is 7. The van der Waals surface area contributed by atoms with Gasteiger partial charge in [-0.25, -0.2) is 4.79 Å². The minimum Gasteiger partial charge on any atom is -0.493 e. The van der Waals surface area contributed by atoms with Crippen LogP contribution in [-0.2, 0) is 16.1 Å². The van der Waals surface area contributed by atoms with Crippen LogP contribution in [0.1, 0.15) is 37.9 Å². The summed E-state index contributed by atoms with van der Waals surface area (Å²) in [6, 6.07) is 12.8. The number of carbonyl (C=O) groups is 1. The van der Waals surface area contributed by atoms with Gasteiger partial charge < -0.3 is 19.5 Å². The van der Waals surface area contributed by atoms with Gasteiger partial charge in [-0.3, -0.25) is 0 Å². The molecule has 0 aliphatic carbocycles. The lowest BCUT2D eigenvalue weighted by atomic mass is 9.95. The van der Waals surface area contributed by atoms with Crippen molar-refractivity contribution in [3.8, 4) is 11.5 Å². The zero-order valence-corrected chi connectivity index (χ0v) is 20.3. The van der Waals surface area contributed by atoms with Crippen LogP contribution in [0.5, 0.6) is 11.5 Å². The summed E-state index contributed by atoms with van der Waals surface area (Å²) < 4.78 is 19.7. The van der Waals surface area contributed by atoms with Crippen LogP contribution >= 0.6 is 15.9 Å². The predicted molar refractivity (Wildman–Crippen MR) is 125 cm³/mol. The van der Waals surface area contributed by atoms with Crippen molar-refractivity contribution in [2.75, 3.05) is 12.4 Å². The smallest absolute Gasteiger partial charge is 0.338 e. The molecule has 9 nitrogen and oxygen atoms in total. The molecule has 1 aliphatic heterocycles. The monoisotopic (exact) mass is 513 g/mol. The number of anilines is 1. The van der Waals surface area contributed by atoms with E-state index < -0.39 is 12.0 Å². The van der Waals surface area contributed by atoms with Gasteiger partial charge in [0.05, 0.1) is 18.8 Å². The second-order valence-electron chi connectivity index (χ2n) is 7.79. The van der Waals surface area contributed by atoms with E-state index in [-0.39, 0.29) is 6.10 Å². The van der Waals surface area contributed by atoms with Crippen LogP contribution in [0.25, 0.3) is 0 Å². The van der Waals surface area contributed by atoms with Crippen LogP contribution in [0.15, 0.2) is 58.2 Å². The van der Waals surface area contributed by atoms with E-state index in [0.29, 0.717) is 35.3 Å². The maximum Gasteiger partial charge on any atom is 0.338 e. The molecule has 0 radical (unpaired) electrons. The molecular formula is C23H24BrN5O4. The molecule has 0 fully saturated rings. The maximum atomic E-state index is 13.0. The molecule has 1 aromatic heterocycles. The van der Waals surface area contributed by atoms with Crippen molar-refractivity contribution >= 4 is 27.8 Å². The number of tetrazole rings is 1. The lowest BCUT2D eigenvalue weighted by Gasteiger charge is -2.28. The van der Waals surface area contributed by atoms with Crippen molar-refractivity contribution < 1.29 is 19.0 Å². The highest BCUT2D eigenvalue weighted by Crippen LogP contribution is 2.39. The van der Waals surface area contributed by atoms with E-state index in [1.165, 1.54) is 0 Å². The fraction of sp³-hybridized carbons (Fsp3) is 0.304. The third kappa shape index (κ3) is 4.85. The van der Waals surface area contributed by atoms with Crippen molar-refractivity contribution in [2.45, 2.75) is 39.5 Å². The highest BCUT2D eigenvalue weighted by atomic mass is 79.9. The lowest BCUT2D eigenvalue weighted by molar-refractivity contribution is -0.143. The Morgan fingerprint density at radius 1 is 1.18 bits per heavy atom. The summed E-state index contributed by atoms with van der Waals surface area (Å²) in [5.41, 5.74) is 2.84. The van der Waals surface area contributed by atoms with Crippen molar-refractivity contribution in [2.24, 2.45) is 0 Å². The maximum absolute atomic E-state index is 13.0. The quantitative estimate of drug-likeness (QED) is 0.467. The highest BCUT2D eigenvalue weighted by molar-refractivity contribution is 9.10. The number of hydrogen-bond donors (Lipinski definition) is 1. The highest BCUT2D eigenvalue weighted by Gasteiger charge is 2.35. The van der Waals surface area contributed by atoms with E-state index in [2.05, 4.69) is 36.8 Å². The van der Waals surface area contributed by atoms with Crippen LogP contribution < -0.4 is 14.8 Å². The third-order valence-corrected chi connectivity index (χ3v) is 5.62. The van der Waals surface area contributed by atoms with Crippen molar-refractivity contribution in [1.82, 2.24) is 20.2 Å². The number of ether oxygens (including phenoxy) is 3. The largest absolute Gasteiger partial charge is 0.493 e. The summed E-state index contributed by atoms with van der Waals surface area (Å²) in [7, 11) is 1.57. The Hall–Kier alpha value is -3.40. The standard InChI is InChI=1S/C23H24BrN5O4/c1-13(2)33-22(30)20-14(3)25-23-26-27-28-29(23)21(20)16-7-10-18(19(11-16)31-4)32-12-15-5-8-17(24)9-6-15/h5-11,13,21H,12H2,1-4H3,(H,25,26,28). The normalized spacial score (nSPS) is 15.2. The van der Waals surface area contributed by atoms with Gasteiger partial charge in [-0.2, -0.15) is 4.68 Å². The number of halogens is 1. The molecule has 0 saturated carbocycles. The number of carbonyl (C=O) groups excluding carboxylic acids is 1. The second-order valence-corrected chi connectivity index (χ2v) is 8.71. The Morgan fingerprint density at radius 3 is 2.64 bits per heavy atom. The fourth-order valence-corrected chi connectivity index (χ4v) is 3.84. The Morgan fingerprint density at radius 2 is 1.94 bits per heavy atom. The Labute approximate surface area is 199 Å². The molecule has 4 rings (SSSR count). The molecule has 0 bridgehead atoms. The third-order valence-electron chi connectivity index (χ3n) is 5.09. The van der Waals surface area contributed by atoms with Crippen LogP contribution in [0, 0.1) is 0 Å². The lowest BCUT2D eigenvalue weighted by Crippen LogP contribution is -2.30.